The minimum Gasteiger partial charge on any atom is -0.489 e. The lowest BCUT2D eigenvalue weighted by molar-refractivity contribution is 0.0813. The Bertz CT molecular complexity index is 431. The summed E-state index contributed by atoms with van der Waals surface area (Å²) in [7, 11) is 0. The summed E-state index contributed by atoms with van der Waals surface area (Å²) in [6, 6.07) is 4.93. The van der Waals surface area contributed by atoms with Crippen molar-refractivity contribution in [1.29, 1.82) is 0 Å². The van der Waals surface area contributed by atoms with Crippen LogP contribution in [0.25, 0.3) is 0 Å². The number of rotatable bonds is 9. The summed E-state index contributed by atoms with van der Waals surface area (Å²) in [5.41, 5.74) is -0.352. The van der Waals surface area contributed by atoms with Crippen molar-refractivity contribution in [2.24, 2.45) is 0 Å². The quantitative estimate of drug-likeness (QED) is 0.649. The van der Waals surface area contributed by atoms with Crippen LogP contribution >= 0.6 is 23.2 Å². The van der Waals surface area contributed by atoms with Crippen molar-refractivity contribution in [3.8, 4) is 5.75 Å². The maximum atomic E-state index is 9.98. The first-order valence-electron chi connectivity index (χ1n) is 7.08. The average molecular weight is 336 g/mol. The second-order valence-corrected chi connectivity index (χ2v) is 5.91. The van der Waals surface area contributed by atoms with Crippen molar-refractivity contribution in [3.05, 3.63) is 28.2 Å². The third kappa shape index (κ3) is 5.64. The minimum absolute atomic E-state index is 0.0354. The molecule has 1 rings (SSSR count). The van der Waals surface area contributed by atoms with Crippen molar-refractivity contribution < 1.29 is 14.9 Å². The third-order valence-corrected chi connectivity index (χ3v) is 4.24. The number of halogens is 2. The molecule has 0 saturated carbocycles. The Morgan fingerprint density at radius 2 is 1.95 bits per heavy atom. The normalized spacial score (nSPS) is 13.2. The van der Waals surface area contributed by atoms with E-state index in [0.29, 0.717) is 22.3 Å². The Kier molecular flexibility index (Phi) is 7.77. The summed E-state index contributed by atoms with van der Waals surface area (Å²) in [5, 5.41) is 23.6. The van der Waals surface area contributed by atoms with E-state index in [1.807, 2.05) is 13.8 Å². The molecule has 0 amide bonds. The molecule has 1 atom stereocenters. The number of ether oxygens (including phenoxy) is 1. The molecular formula is C15H23Cl2NO3. The molecule has 3 N–H and O–H groups in total. The zero-order chi connectivity index (χ0) is 15.9. The lowest BCUT2D eigenvalue weighted by Gasteiger charge is -2.32. The van der Waals surface area contributed by atoms with Crippen LogP contribution in [0.2, 0.25) is 10.0 Å². The summed E-state index contributed by atoms with van der Waals surface area (Å²) in [5.74, 6) is 0.447. The van der Waals surface area contributed by atoms with Crippen LogP contribution in [0.3, 0.4) is 0 Å². The number of β-amino-alcohol motifs (C(OH)–C–C–N with tert-alkyl or cyclic N) is 1. The molecule has 6 heteroatoms. The van der Waals surface area contributed by atoms with Crippen molar-refractivity contribution in [3.63, 3.8) is 0 Å². The predicted molar refractivity (Wildman–Crippen MR) is 86.4 cm³/mol. The number of aliphatic hydroxyl groups is 2. The topological polar surface area (TPSA) is 61.7 Å². The predicted octanol–water partition coefficient (Wildman–Crippen LogP) is 2.87. The first kappa shape index (κ1) is 18.5. The third-order valence-electron chi connectivity index (χ3n) is 3.69. The van der Waals surface area contributed by atoms with Gasteiger partial charge in [0.1, 0.15) is 18.5 Å². The van der Waals surface area contributed by atoms with Gasteiger partial charge in [0.15, 0.2) is 0 Å². The molecule has 1 aromatic rings. The number of hydrogen-bond acceptors (Lipinski definition) is 4. The highest BCUT2D eigenvalue weighted by Gasteiger charge is 2.25. The largest absolute Gasteiger partial charge is 0.489 e. The van der Waals surface area contributed by atoms with Crippen molar-refractivity contribution >= 4 is 23.2 Å². The van der Waals surface area contributed by atoms with E-state index in [1.54, 1.807) is 18.2 Å². The molecule has 1 unspecified atom stereocenters. The number of nitrogens with one attached hydrogen (secondary N) is 1. The minimum atomic E-state index is -0.705. The van der Waals surface area contributed by atoms with Crippen molar-refractivity contribution in [2.45, 2.75) is 38.3 Å². The molecule has 0 aromatic heterocycles. The SMILES string of the molecule is CCC(CC)(CO)NCC(O)COc1cc(Cl)ccc1Cl. The highest BCUT2D eigenvalue weighted by atomic mass is 35.5. The van der Waals surface area contributed by atoms with Gasteiger partial charge in [0, 0.05) is 23.2 Å². The van der Waals surface area contributed by atoms with Crippen LogP contribution < -0.4 is 10.1 Å². The fourth-order valence-electron chi connectivity index (χ4n) is 1.95. The van der Waals surface area contributed by atoms with Crippen LogP contribution in [0.4, 0.5) is 0 Å². The Balaban J connectivity index is 2.47. The van der Waals surface area contributed by atoms with Gasteiger partial charge in [0.2, 0.25) is 0 Å². The summed E-state index contributed by atoms with van der Waals surface area (Å²) in [4.78, 5) is 0. The number of aliphatic hydroxyl groups excluding tert-OH is 2. The first-order valence-corrected chi connectivity index (χ1v) is 7.83. The van der Waals surface area contributed by atoms with Gasteiger partial charge in [0.05, 0.1) is 11.6 Å². The van der Waals surface area contributed by atoms with Gasteiger partial charge in [0.25, 0.3) is 0 Å². The summed E-state index contributed by atoms with van der Waals surface area (Å²) in [6.45, 7) is 4.47. The average Bonchev–Trinajstić information content (AvgIpc) is 2.50. The smallest absolute Gasteiger partial charge is 0.139 e. The van der Waals surface area contributed by atoms with Gasteiger partial charge in [-0.3, -0.25) is 0 Å². The molecule has 0 saturated heterocycles. The highest BCUT2D eigenvalue weighted by Crippen LogP contribution is 2.27. The number of benzene rings is 1. The second kappa shape index (κ2) is 8.81. The van der Waals surface area contributed by atoms with Gasteiger partial charge in [-0.2, -0.15) is 0 Å². The van der Waals surface area contributed by atoms with E-state index in [4.69, 9.17) is 27.9 Å². The van der Waals surface area contributed by atoms with E-state index in [-0.39, 0.29) is 18.8 Å². The molecule has 0 heterocycles. The summed E-state index contributed by atoms with van der Waals surface area (Å²) >= 11 is 11.9. The van der Waals surface area contributed by atoms with E-state index < -0.39 is 6.10 Å². The van der Waals surface area contributed by atoms with E-state index in [9.17, 15) is 10.2 Å². The van der Waals surface area contributed by atoms with Crippen LogP contribution in [0, 0.1) is 0 Å². The fraction of sp³-hybridized carbons (Fsp3) is 0.600. The van der Waals surface area contributed by atoms with Crippen LogP contribution in [0.5, 0.6) is 5.75 Å². The molecule has 0 aliphatic carbocycles. The monoisotopic (exact) mass is 335 g/mol. The first-order chi connectivity index (χ1) is 9.96. The highest BCUT2D eigenvalue weighted by molar-refractivity contribution is 6.34. The Morgan fingerprint density at radius 1 is 1.29 bits per heavy atom. The van der Waals surface area contributed by atoms with Gasteiger partial charge in [-0.05, 0) is 25.0 Å². The Labute approximate surface area is 136 Å². The lowest BCUT2D eigenvalue weighted by Crippen LogP contribution is -2.50. The molecule has 4 nitrogen and oxygen atoms in total. The molecule has 0 bridgehead atoms. The number of hydrogen-bond donors (Lipinski definition) is 3. The van der Waals surface area contributed by atoms with Crippen LogP contribution in [-0.2, 0) is 0 Å². The Morgan fingerprint density at radius 3 is 2.52 bits per heavy atom. The molecule has 21 heavy (non-hydrogen) atoms. The van der Waals surface area contributed by atoms with Crippen LogP contribution in [0.1, 0.15) is 26.7 Å². The molecule has 1 aromatic carbocycles. The maximum absolute atomic E-state index is 9.98. The molecule has 0 fully saturated rings. The van der Waals surface area contributed by atoms with Crippen molar-refractivity contribution in [1.82, 2.24) is 5.32 Å². The van der Waals surface area contributed by atoms with E-state index in [0.717, 1.165) is 12.8 Å². The molecule has 0 radical (unpaired) electrons. The molecule has 0 aliphatic rings. The molecule has 120 valence electrons. The van der Waals surface area contributed by atoms with Gasteiger partial charge in [-0.1, -0.05) is 37.0 Å². The van der Waals surface area contributed by atoms with Crippen LogP contribution in [0.15, 0.2) is 18.2 Å². The van der Waals surface area contributed by atoms with Crippen LogP contribution in [-0.4, -0.2) is 41.6 Å². The zero-order valence-corrected chi connectivity index (χ0v) is 13.9. The van der Waals surface area contributed by atoms with Gasteiger partial charge < -0.3 is 20.3 Å². The summed E-state index contributed by atoms with van der Waals surface area (Å²) in [6.07, 6.45) is 0.866. The Hall–Kier alpha value is -0.520. The zero-order valence-electron chi connectivity index (χ0n) is 12.4. The second-order valence-electron chi connectivity index (χ2n) is 5.07. The maximum Gasteiger partial charge on any atom is 0.139 e. The van der Waals surface area contributed by atoms with Gasteiger partial charge in [-0.15, -0.1) is 0 Å². The lowest BCUT2D eigenvalue weighted by atomic mass is 9.94. The fourth-order valence-corrected chi connectivity index (χ4v) is 2.28. The van der Waals surface area contributed by atoms with Gasteiger partial charge >= 0.3 is 0 Å². The summed E-state index contributed by atoms with van der Waals surface area (Å²) < 4.78 is 5.48. The van der Waals surface area contributed by atoms with E-state index >= 15 is 0 Å². The molecule has 0 aliphatic heterocycles. The molecular weight excluding hydrogens is 313 g/mol. The van der Waals surface area contributed by atoms with E-state index in [1.165, 1.54) is 0 Å². The molecule has 0 spiro atoms. The van der Waals surface area contributed by atoms with E-state index in [2.05, 4.69) is 5.32 Å². The standard InChI is InChI=1S/C15H23Cl2NO3/c1-3-15(4-2,10-19)18-8-12(20)9-21-14-7-11(16)5-6-13(14)17/h5-7,12,18-20H,3-4,8-10H2,1-2H3. The van der Waals surface area contributed by atoms with Crippen molar-refractivity contribution in [2.75, 3.05) is 19.8 Å². The van der Waals surface area contributed by atoms with Gasteiger partial charge in [-0.25, -0.2) is 0 Å².